The van der Waals surface area contributed by atoms with Gasteiger partial charge in [-0.15, -0.1) is 10.2 Å². The number of hydrogen-bond acceptors (Lipinski definition) is 4. The molecule has 1 unspecified atom stereocenters. The summed E-state index contributed by atoms with van der Waals surface area (Å²) in [5, 5.41) is 13.1. The van der Waals surface area contributed by atoms with Crippen LogP contribution in [0.4, 0.5) is 0 Å². The lowest BCUT2D eigenvalue weighted by molar-refractivity contribution is 0.375. The summed E-state index contributed by atoms with van der Waals surface area (Å²) in [4.78, 5) is 0. The van der Waals surface area contributed by atoms with E-state index in [0.717, 1.165) is 55.4 Å². The van der Waals surface area contributed by atoms with Gasteiger partial charge in [0.1, 0.15) is 11.5 Å². The van der Waals surface area contributed by atoms with Crippen LogP contribution in [-0.2, 0) is 26.4 Å². The Hall–Kier alpha value is -1.69. The Morgan fingerprint density at radius 3 is 2.95 bits per heavy atom. The quantitative estimate of drug-likeness (QED) is 0.884. The number of aryl methyl sites for hydroxylation is 3. The maximum absolute atomic E-state index is 5.80. The molecule has 0 saturated carbocycles. The van der Waals surface area contributed by atoms with Crippen LogP contribution < -0.4 is 5.73 Å². The summed E-state index contributed by atoms with van der Waals surface area (Å²) in [6.07, 6.45) is 3.01. The van der Waals surface area contributed by atoms with E-state index in [1.54, 1.807) is 0 Å². The predicted molar refractivity (Wildman–Crippen MR) is 72.5 cm³/mol. The first-order chi connectivity index (χ1) is 9.22. The summed E-state index contributed by atoms with van der Waals surface area (Å²) in [6, 6.07) is 2.10. The molecule has 1 aliphatic rings. The van der Waals surface area contributed by atoms with Crippen molar-refractivity contribution in [2.45, 2.75) is 32.7 Å². The van der Waals surface area contributed by atoms with Gasteiger partial charge in [0.2, 0.25) is 0 Å². The number of aromatic nitrogens is 5. The monoisotopic (exact) mass is 260 g/mol. The second kappa shape index (κ2) is 4.77. The average molecular weight is 260 g/mol. The zero-order valence-electron chi connectivity index (χ0n) is 11.5. The highest BCUT2D eigenvalue weighted by Gasteiger charge is 2.24. The molecule has 0 fully saturated rings. The van der Waals surface area contributed by atoms with E-state index in [-0.39, 0.29) is 0 Å². The Morgan fingerprint density at radius 1 is 1.42 bits per heavy atom. The van der Waals surface area contributed by atoms with E-state index in [9.17, 15) is 0 Å². The molecule has 0 aliphatic carbocycles. The standard InChI is InChI=1S/C13H20N6/c1-3-10-6-11(18(2)17-10)13-16-15-12-5-4-9(7-14)8-19(12)13/h6,9H,3-5,7-8,14H2,1-2H3. The molecule has 3 rings (SSSR count). The van der Waals surface area contributed by atoms with Crippen molar-refractivity contribution in [2.24, 2.45) is 18.7 Å². The lowest BCUT2D eigenvalue weighted by atomic mass is 9.99. The number of fused-ring (bicyclic) bond motifs is 1. The van der Waals surface area contributed by atoms with Crippen LogP contribution in [0.25, 0.3) is 11.5 Å². The Morgan fingerprint density at radius 2 is 2.26 bits per heavy atom. The molecule has 0 saturated heterocycles. The lowest BCUT2D eigenvalue weighted by Crippen LogP contribution is -2.27. The van der Waals surface area contributed by atoms with Crippen molar-refractivity contribution in [3.63, 3.8) is 0 Å². The molecule has 1 aliphatic heterocycles. The maximum Gasteiger partial charge on any atom is 0.182 e. The first kappa shape index (κ1) is 12.3. The van der Waals surface area contributed by atoms with Gasteiger partial charge in [0.15, 0.2) is 5.82 Å². The minimum atomic E-state index is 0.529. The summed E-state index contributed by atoms with van der Waals surface area (Å²) >= 11 is 0. The fourth-order valence-electron chi connectivity index (χ4n) is 2.69. The molecule has 0 aromatic carbocycles. The van der Waals surface area contributed by atoms with Gasteiger partial charge in [0, 0.05) is 20.0 Å². The van der Waals surface area contributed by atoms with Crippen molar-refractivity contribution in [1.29, 1.82) is 0 Å². The molecule has 2 N–H and O–H groups in total. The zero-order valence-corrected chi connectivity index (χ0v) is 11.5. The normalized spacial score (nSPS) is 18.6. The van der Waals surface area contributed by atoms with Crippen LogP contribution in [0.1, 0.15) is 24.9 Å². The molecule has 0 bridgehead atoms. The molecule has 3 heterocycles. The van der Waals surface area contributed by atoms with E-state index in [0.29, 0.717) is 5.92 Å². The van der Waals surface area contributed by atoms with Gasteiger partial charge >= 0.3 is 0 Å². The highest BCUT2D eigenvalue weighted by Crippen LogP contribution is 2.25. The molecule has 0 spiro atoms. The third kappa shape index (κ3) is 2.06. The van der Waals surface area contributed by atoms with Gasteiger partial charge in [-0.25, -0.2) is 0 Å². The van der Waals surface area contributed by atoms with Gasteiger partial charge in [-0.05, 0) is 31.4 Å². The molecule has 6 nitrogen and oxygen atoms in total. The Balaban J connectivity index is 2.02. The van der Waals surface area contributed by atoms with Crippen LogP contribution in [0.3, 0.4) is 0 Å². The Kier molecular flexibility index (Phi) is 3.10. The minimum Gasteiger partial charge on any atom is -0.330 e. The summed E-state index contributed by atoms with van der Waals surface area (Å²) in [5.74, 6) is 2.52. The molecular formula is C13H20N6. The molecule has 0 amide bonds. The third-order valence-corrected chi connectivity index (χ3v) is 3.90. The largest absolute Gasteiger partial charge is 0.330 e. The molecule has 19 heavy (non-hydrogen) atoms. The van der Waals surface area contributed by atoms with Gasteiger partial charge in [-0.2, -0.15) is 5.10 Å². The second-order valence-electron chi connectivity index (χ2n) is 5.19. The van der Waals surface area contributed by atoms with Crippen LogP contribution in [0, 0.1) is 5.92 Å². The highest BCUT2D eigenvalue weighted by molar-refractivity contribution is 5.51. The topological polar surface area (TPSA) is 74.6 Å². The number of nitrogens with zero attached hydrogens (tertiary/aromatic N) is 5. The van der Waals surface area contributed by atoms with Crippen molar-refractivity contribution in [2.75, 3.05) is 6.54 Å². The zero-order chi connectivity index (χ0) is 13.4. The van der Waals surface area contributed by atoms with Crippen LogP contribution in [0.2, 0.25) is 0 Å². The van der Waals surface area contributed by atoms with Crippen molar-refractivity contribution in [3.05, 3.63) is 17.6 Å². The average Bonchev–Trinajstić information content (AvgIpc) is 3.00. The number of hydrogen-bond donors (Lipinski definition) is 1. The summed E-state index contributed by atoms with van der Waals surface area (Å²) in [7, 11) is 1.96. The summed E-state index contributed by atoms with van der Waals surface area (Å²) in [5.41, 5.74) is 7.92. The van der Waals surface area contributed by atoms with Crippen LogP contribution in [-0.4, -0.2) is 31.1 Å². The maximum atomic E-state index is 5.80. The van der Waals surface area contributed by atoms with Crippen molar-refractivity contribution in [1.82, 2.24) is 24.5 Å². The van der Waals surface area contributed by atoms with Crippen LogP contribution >= 0.6 is 0 Å². The molecule has 2 aromatic rings. The number of nitrogens with two attached hydrogens (primary N) is 1. The molecule has 0 radical (unpaired) electrons. The Bertz CT molecular complexity index is 582. The summed E-state index contributed by atoms with van der Waals surface area (Å²) < 4.78 is 4.10. The molecule has 2 aromatic heterocycles. The fraction of sp³-hybridized carbons (Fsp3) is 0.615. The van der Waals surface area contributed by atoms with Gasteiger partial charge in [-0.1, -0.05) is 6.92 Å². The SMILES string of the molecule is CCc1cc(-c2nnc3n2CC(CN)CC3)n(C)n1. The first-order valence-electron chi connectivity index (χ1n) is 6.88. The fourth-order valence-corrected chi connectivity index (χ4v) is 2.69. The van der Waals surface area contributed by atoms with Gasteiger partial charge in [0.05, 0.1) is 5.69 Å². The van der Waals surface area contributed by atoms with E-state index in [1.807, 2.05) is 11.7 Å². The van der Waals surface area contributed by atoms with E-state index in [2.05, 4.69) is 32.9 Å². The highest BCUT2D eigenvalue weighted by atomic mass is 15.3. The molecule has 6 heteroatoms. The Labute approximate surface area is 112 Å². The van der Waals surface area contributed by atoms with E-state index >= 15 is 0 Å². The summed E-state index contributed by atoms with van der Waals surface area (Å²) in [6.45, 7) is 3.75. The van der Waals surface area contributed by atoms with E-state index < -0.39 is 0 Å². The van der Waals surface area contributed by atoms with Gasteiger partial charge < -0.3 is 10.3 Å². The smallest absolute Gasteiger partial charge is 0.182 e. The van der Waals surface area contributed by atoms with Gasteiger partial charge in [0.25, 0.3) is 0 Å². The van der Waals surface area contributed by atoms with Crippen molar-refractivity contribution < 1.29 is 0 Å². The molecule has 1 atom stereocenters. The van der Waals surface area contributed by atoms with Crippen molar-refractivity contribution in [3.8, 4) is 11.5 Å². The third-order valence-electron chi connectivity index (χ3n) is 3.90. The lowest BCUT2D eigenvalue weighted by Gasteiger charge is -2.22. The van der Waals surface area contributed by atoms with E-state index in [4.69, 9.17) is 5.73 Å². The molecular weight excluding hydrogens is 240 g/mol. The van der Waals surface area contributed by atoms with Crippen LogP contribution in [0.15, 0.2) is 6.07 Å². The number of rotatable bonds is 3. The van der Waals surface area contributed by atoms with Gasteiger partial charge in [-0.3, -0.25) is 4.68 Å². The molecule has 102 valence electrons. The predicted octanol–water partition coefficient (Wildman–Crippen LogP) is 0.762. The minimum absolute atomic E-state index is 0.529. The van der Waals surface area contributed by atoms with Crippen molar-refractivity contribution >= 4 is 0 Å². The first-order valence-corrected chi connectivity index (χ1v) is 6.88. The second-order valence-corrected chi connectivity index (χ2v) is 5.19. The van der Waals surface area contributed by atoms with E-state index in [1.165, 1.54) is 0 Å². The van der Waals surface area contributed by atoms with Crippen LogP contribution in [0.5, 0.6) is 0 Å².